The summed E-state index contributed by atoms with van der Waals surface area (Å²) in [5.41, 5.74) is 3.05. The molecule has 0 saturated heterocycles. The summed E-state index contributed by atoms with van der Waals surface area (Å²) in [7, 11) is -4.24. The molecule has 3 aromatic rings. The van der Waals surface area contributed by atoms with Gasteiger partial charge in [-0.05, 0) is 68.7 Å². The Kier molecular flexibility index (Phi) is 10.8. The molecule has 0 spiro atoms. The first-order chi connectivity index (χ1) is 19.1. The third kappa shape index (κ3) is 7.91. The molecule has 0 fully saturated rings. The smallest absolute Gasteiger partial charge is 0.264 e. The van der Waals surface area contributed by atoms with Gasteiger partial charge in [0.1, 0.15) is 18.4 Å². The number of unbranched alkanes of at least 4 members (excludes halogenated alkanes) is 1. The van der Waals surface area contributed by atoms with E-state index in [2.05, 4.69) is 5.32 Å². The molecule has 0 bridgehead atoms. The lowest BCUT2D eigenvalue weighted by molar-refractivity contribution is -0.140. The summed E-state index contributed by atoms with van der Waals surface area (Å²) in [4.78, 5) is 28.6. The lowest BCUT2D eigenvalue weighted by Gasteiger charge is -2.33. The second-order valence-corrected chi connectivity index (χ2v) is 11.7. The molecule has 0 heterocycles. The van der Waals surface area contributed by atoms with E-state index in [-0.39, 0.29) is 17.3 Å². The van der Waals surface area contributed by atoms with E-state index in [9.17, 15) is 22.4 Å². The Morgan fingerprint density at radius 3 is 2.20 bits per heavy atom. The minimum absolute atomic E-state index is 0.137. The molecule has 0 aliphatic heterocycles. The third-order valence-electron chi connectivity index (χ3n) is 6.65. The summed E-state index contributed by atoms with van der Waals surface area (Å²) in [6.45, 7) is 7.77. The fourth-order valence-electron chi connectivity index (χ4n) is 4.41. The molecule has 0 aromatic heterocycles. The highest BCUT2D eigenvalue weighted by Crippen LogP contribution is 2.25. The van der Waals surface area contributed by atoms with Gasteiger partial charge >= 0.3 is 0 Å². The van der Waals surface area contributed by atoms with E-state index in [4.69, 9.17) is 0 Å². The monoisotopic (exact) mass is 567 g/mol. The molecule has 3 aromatic carbocycles. The maximum absolute atomic E-state index is 14.0. The average Bonchev–Trinajstić information content (AvgIpc) is 2.92. The van der Waals surface area contributed by atoms with Crippen molar-refractivity contribution in [3.05, 3.63) is 95.3 Å². The number of amides is 2. The van der Waals surface area contributed by atoms with Crippen LogP contribution in [0.15, 0.2) is 77.7 Å². The summed E-state index contributed by atoms with van der Waals surface area (Å²) in [5.74, 6) is -1.37. The second-order valence-electron chi connectivity index (χ2n) is 9.88. The molecule has 40 heavy (non-hydrogen) atoms. The van der Waals surface area contributed by atoms with Gasteiger partial charge in [-0.1, -0.05) is 67.8 Å². The van der Waals surface area contributed by atoms with E-state index in [1.807, 2.05) is 52.0 Å². The number of benzene rings is 3. The van der Waals surface area contributed by atoms with Gasteiger partial charge in [0.15, 0.2) is 0 Å². The van der Waals surface area contributed by atoms with Crippen LogP contribution in [0.2, 0.25) is 0 Å². The van der Waals surface area contributed by atoms with Gasteiger partial charge in [-0.2, -0.15) is 0 Å². The lowest BCUT2D eigenvalue weighted by Crippen LogP contribution is -2.52. The van der Waals surface area contributed by atoms with Crippen molar-refractivity contribution in [2.75, 3.05) is 17.4 Å². The van der Waals surface area contributed by atoms with Gasteiger partial charge in [-0.15, -0.1) is 0 Å². The van der Waals surface area contributed by atoms with E-state index >= 15 is 0 Å². The van der Waals surface area contributed by atoms with Crippen LogP contribution in [-0.2, 0) is 26.2 Å². The number of carbonyl (C=O) groups is 2. The third-order valence-corrected chi connectivity index (χ3v) is 8.44. The number of halogens is 1. The number of aryl methyl sites for hydroxylation is 2. The molecule has 2 amide bonds. The van der Waals surface area contributed by atoms with Crippen LogP contribution in [0.4, 0.5) is 10.1 Å². The number of hydrogen-bond donors (Lipinski definition) is 1. The summed E-state index contributed by atoms with van der Waals surface area (Å²) in [5, 5.41) is 2.92. The molecule has 7 nitrogen and oxygen atoms in total. The van der Waals surface area contributed by atoms with E-state index in [1.165, 1.54) is 17.0 Å². The van der Waals surface area contributed by atoms with E-state index in [1.54, 1.807) is 24.3 Å². The Hall–Kier alpha value is -3.72. The first kappa shape index (κ1) is 30.8. The van der Waals surface area contributed by atoms with Crippen molar-refractivity contribution < 1.29 is 22.4 Å². The number of sulfonamides is 1. The molecular weight excluding hydrogens is 529 g/mol. The van der Waals surface area contributed by atoms with Gasteiger partial charge in [0.25, 0.3) is 10.0 Å². The van der Waals surface area contributed by atoms with Crippen LogP contribution in [0.5, 0.6) is 0 Å². The van der Waals surface area contributed by atoms with Gasteiger partial charge in [0.2, 0.25) is 11.8 Å². The highest BCUT2D eigenvalue weighted by molar-refractivity contribution is 7.92. The zero-order chi connectivity index (χ0) is 29.3. The summed E-state index contributed by atoms with van der Waals surface area (Å²) >= 11 is 0. The Balaban J connectivity index is 2.03. The molecule has 1 N–H and O–H groups in total. The molecule has 0 aliphatic carbocycles. The lowest BCUT2D eigenvalue weighted by atomic mass is 10.1. The maximum atomic E-state index is 14.0. The van der Waals surface area contributed by atoms with Crippen molar-refractivity contribution in [3.63, 3.8) is 0 Å². The van der Waals surface area contributed by atoms with E-state index in [0.717, 1.165) is 46.0 Å². The van der Waals surface area contributed by atoms with Gasteiger partial charge in [0.05, 0.1) is 10.6 Å². The topological polar surface area (TPSA) is 86.8 Å². The quantitative estimate of drug-likeness (QED) is 0.282. The van der Waals surface area contributed by atoms with Crippen LogP contribution < -0.4 is 9.62 Å². The SMILES string of the molecule is CCCCNC(=O)C(CC)N(Cc1cccc(C)c1)C(=O)CN(c1ccc(C)cc1)S(=O)(=O)c1ccc(F)cc1. The van der Waals surface area contributed by atoms with Crippen LogP contribution >= 0.6 is 0 Å². The molecule has 3 rings (SSSR count). The normalized spacial score (nSPS) is 12.0. The number of nitrogens with zero attached hydrogens (tertiary/aromatic N) is 2. The van der Waals surface area contributed by atoms with Crippen molar-refractivity contribution in [1.82, 2.24) is 10.2 Å². The van der Waals surface area contributed by atoms with Gasteiger partial charge in [-0.25, -0.2) is 12.8 Å². The fourth-order valence-corrected chi connectivity index (χ4v) is 5.82. The van der Waals surface area contributed by atoms with Crippen LogP contribution in [-0.4, -0.2) is 44.3 Å². The van der Waals surface area contributed by atoms with E-state index in [0.29, 0.717) is 18.7 Å². The summed E-state index contributed by atoms with van der Waals surface area (Å²) in [6, 6.07) is 18.1. The van der Waals surface area contributed by atoms with E-state index < -0.39 is 34.3 Å². The summed E-state index contributed by atoms with van der Waals surface area (Å²) in [6.07, 6.45) is 2.08. The van der Waals surface area contributed by atoms with Crippen LogP contribution in [0.3, 0.4) is 0 Å². The van der Waals surface area contributed by atoms with Crippen LogP contribution in [0.1, 0.15) is 49.8 Å². The minimum atomic E-state index is -4.24. The van der Waals surface area contributed by atoms with Crippen molar-refractivity contribution in [2.45, 2.75) is 64.4 Å². The van der Waals surface area contributed by atoms with Crippen molar-refractivity contribution >= 4 is 27.5 Å². The Labute approximate surface area is 237 Å². The molecular formula is C31H38FN3O4S. The van der Waals surface area contributed by atoms with Crippen molar-refractivity contribution in [3.8, 4) is 0 Å². The molecule has 0 radical (unpaired) electrons. The minimum Gasteiger partial charge on any atom is -0.354 e. The first-order valence-electron chi connectivity index (χ1n) is 13.5. The number of nitrogens with one attached hydrogen (secondary N) is 1. The molecule has 0 saturated carbocycles. The second kappa shape index (κ2) is 14.1. The predicted octanol–water partition coefficient (Wildman–Crippen LogP) is 5.36. The fraction of sp³-hybridized carbons (Fsp3) is 0.355. The van der Waals surface area contributed by atoms with Crippen molar-refractivity contribution in [2.24, 2.45) is 0 Å². The maximum Gasteiger partial charge on any atom is 0.264 e. The molecule has 9 heteroatoms. The molecule has 0 aliphatic rings. The number of carbonyl (C=O) groups excluding carboxylic acids is 2. The zero-order valence-corrected chi connectivity index (χ0v) is 24.4. The summed E-state index contributed by atoms with van der Waals surface area (Å²) < 4.78 is 42.2. The number of rotatable bonds is 13. The Morgan fingerprint density at radius 2 is 1.60 bits per heavy atom. The van der Waals surface area contributed by atoms with Gasteiger partial charge in [0, 0.05) is 13.1 Å². The molecule has 214 valence electrons. The molecule has 1 unspecified atom stereocenters. The van der Waals surface area contributed by atoms with Crippen LogP contribution in [0.25, 0.3) is 0 Å². The van der Waals surface area contributed by atoms with Crippen LogP contribution in [0, 0.1) is 19.7 Å². The number of hydrogen-bond acceptors (Lipinski definition) is 4. The predicted molar refractivity (Wildman–Crippen MR) is 156 cm³/mol. The van der Waals surface area contributed by atoms with Gasteiger partial charge in [-0.3, -0.25) is 13.9 Å². The molecule has 1 atom stereocenters. The highest BCUT2D eigenvalue weighted by Gasteiger charge is 2.33. The zero-order valence-electron chi connectivity index (χ0n) is 23.6. The average molecular weight is 568 g/mol. The first-order valence-corrected chi connectivity index (χ1v) is 15.0. The largest absolute Gasteiger partial charge is 0.354 e. The number of anilines is 1. The Morgan fingerprint density at radius 1 is 0.925 bits per heavy atom. The standard InChI is InChI=1S/C31H38FN3O4S/c1-5-7-19-33-31(37)29(6-2)34(21-25-10-8-9-24(4)20-25)30(36)22-35(27-15-11-23(3)12-16-27)40(38,39)28-17-13-26(32)14-18-28/h8-18,20,29H,5-7,19,21-22H2,1-4H3,(H,33,37). The van der Waals surface area contributed by atoms with Crippen molar-refractivity contribution in [1.29, 1.82) is 0 Å². The Bertz CT molecular complexity index is 1390. The van der Waals surface area contributed by atoms with Gasteiger partial charge < -0.3 is 10.2 Å². The highest BCUT2D eigenvalue weighted by atomic mass is 32.2.